The third-order valence-electron chi connectivity index (χ3n) is 1.78. The van der Waals surface area contributed by atoms with Gasteiger partial charge in [0.05, 0.1) is 10.5 Å². The highest BCUT2D eigenvalue weighted by Crippen LogP contribution is 2.20. The van der Waals surface area contributed by atoms with E-state index >= 15 is 0 Å². The molecule has 2 aromatic heterocycles. The van der Waals surface area contributed by atoms with Crippen LogP contribution in [0.2, 0.25) is 5.02 Å². The van der Waals surface area contributed by atoms with E-state index in [1.165, 1.54) is 0 Å². The zero-order valence-corrected chi connectivity index (χ0v) is 7.34. The van der Waals surface area contributed by atoms with Gasteiger partial charge in [-0.3, -0.25) is 9.97 Å². The first-order valence-corrected chi connectivity index (χ1v) is 4.02. The number of pyridine rings is 2. The predicted octanol–water partition coefficient (Wildman–Crippen LogP) is 2.59. The maximum atomic E-state index is 5.93. The van der Waals surface area contributed by atoms with E-state index in [4.69, 9.17) is 11.6 Å². The smallest absolute Gasteiger partial charge is 0.107 e. The zero-order chi connectivity index (χ0) is 8.55. The third kappa shape index (κ3) is 1.04. The molecule has 0 aliphatic rings. The van der Waals surface area contributed by atoms with Crippen LogP contribution in [0.3, 0.4) is 0 Å². The molecule has 0 atom stereocenters. The molecule has 0 saturated heterocycles. The average Bonchev–Trinajstić information content (AvgIpc) is 2.07. The molecule has 0 saturated carbocycles. The van der Waals surface area contributed by atoms with E-state index in [0.717, 1.165) is 16.6 Å². The number of halogens is 1. The molecule has 0 aromatic carbocycles. The standard InChI is InChI=1S/C9H7ClN2/c1-6-2-4-12-9-7(10)3-5-11-8(6)9/h2-5H,1H3. The highest BCUT2D eigenvalue weighted by atomic mass is 35.5. The number of hydrogen-bond acceptors (Lipinski definition) is 2. The van der Waals surface area contributed by atoms with Crippen molar-refractivity contribution in [3.05, 3.63) is 35.1 Å². The Morgan fingerprint density at radius 1 is 1.08 bits per heavy atom. The summed E-state index contributed by atoms with van der Waals surface area (Å²) < 4.78 is 0. The van der Waals surface area contributed by atoms with Crippen molar-refractivity contribution in [3.63, 3.8) is 0 Å². The van der Waals surface area contributed by atoms with Gasteiger partial charge in [-0.2, -0.15) is 0 Å². The molecule has 0 aliphatic carbocycles. The Morgan fingerprint density at radius 3 is 2.50 bits per heavy atom. The van der Waals surface area contributed by atoms with Crippen LogP contribution in [-0.4, -0.2) is 9.97 Å². The number of aromatic nitrogens is 2. The van der Waals surface area contributed by atoms with Crippen LogP contribution in [0, 0.1) is 6.92 Å². The van der Waals surface area contributed by atoms with Gasteiger partial charge in [-0.05, 0) is 24.6 Å². The molecular formula is C9H7ClN2. The molecule has 12 heavy (non-hydrogen) atoms. The Hall–Kier alpha value is -1.15. The quantitative estimate of drug-likeness (QED) is 0.620. The van der Waals surface area contributed by atoms with Crippen molar-refractivity contribution in [3.8, 4) is 0 Å². The van der Waals surface area contributed by atoms with Gasteiger partial charge in [-0.15, -0.1) is 0 Å². The Balaban J connectivity index is 2.94. The van der Waals surface area contributed by atoms with Crippen molar-refractivity contribution in [2.75, 3.05) is 0 Å². The van der Waals surface area contributed by atoms with Crippen molar-refractivity contribution < 1.29 is 0 Å². The van der Waals surface area contributed by atoms with Gasteiger partial charge in [0, 0.05) is 12.4 Å². The molecule has 2 heterocycles. The lowest BCUT2D eigenvalue weighted by atomic mass is 10.2. The molecule has 2 nitrogen and oxygen atoms in total. The van der Waals surface area contributed by atoms with E-state index in [1.807, 2.05) is 13.0 Å². The highest BCUT2D eigenvalue weighted by Gasteiger charge is 2.01. The minimum Gasteiger partial charge on any atom is -0.254 e. The summed E-state index contributed by atoms with van der Waals surface area (Å²) in [6, 6.07) is 3.67. The van der Waals surface area contributed by atoms with Crippen LogP contribution in [0.4, 0.5) is 0 Å². The molecule has 0 fully saturated rings. The monoisotopic (exact) mass is 178 g/mol. The summed E-state index contributed by atoms with van der Waals surface area (Å²) >= 11 is 5.93. The van der Waals surface area contributed by atoms with Crippen LogP contribution in [0.5, 0.6) is 0 Å². The predicted molar refractivity (Wildman–Crippen MR) is 49.3 cm³/mol. The summed E-state index contributed by atoms with van der Waals surface area (Å²) in [5.74, 6) is 0. The molecule has 0 aliphatic heterocycles. The van der Waals surface area contributed by atoms with Gasteiger partial charge < -0.3 is 0 Å². The van der Waals surface area contributed by atoms with Gasteiger partial charge in [0.2, 0.25) is 0 Å². The summed E-state index contributed by atoms with van der Waals surface area (Å²) in [7, 11) is 0. The summed E-state index contributed by atoms with van der Waals surface area (Å²) in [4.78, 5) is 8.34. The maximum Gasteiger partial charge on any atom is 0.107 e. The van der Waals surface area contributed by atoms with E-state index in [9.17, 15) is 0 Å². The number of nitrogens with zero attached hydrogens (tertiary/aromatic N) is 2. The number of rotatable bonds is 0. The van der Waals surface area contributed by atoms with Crippen molar-refractivity contribution in [1.82, 2.24) is 9.97 Å². The van der Waals surface area contributed by atoms with Crippen molar-refractivity contribution in [2.45, 2.75) is 6.92 Å². The molecule has 2 aromatic rings. The summed E-state index contributed by atoms with van der Waals surface area (Å²) in [5, 5.41) is 0.656. The van der Waals surface area contributed by atoms with Crippen LogP contribution >= 0.6 is 11.6 Å². The molecule has 0 bridgehead atoms. The molecule has 60 valence electrons. The molecule has 0 unspecified atom stereocenters. The molecule has 0 radical (unpaired) electrons. The lowest BCUT2D eigenvalue weighted by Crippen LogP contribution is -1.85. The van der Waals surface area contributed by atoms with Crippen LogP contribution < -0.4 is 0 Å². The number of aryl methyl sites for hydroxylation is 1. The minimum atomic E-state index is 0.656. The SMILES string of the molecule is Cc1ccnc2c(Cl)ccnc12. The summed E-state index contributed by atoms with van der Waals surface area (Å²) in [5.41, 5.74) is 2.76. The maximum absolute atomic E-state index is 5.93. The van der Waals surface area contributed by atoms with Crippen LogP contribution in [0.1, 0.15) is 5.56 Å². The lowest BCUT2D eigenvalue weighted by molar-refractivity contribution is 1.30. The van der Waals surface area contributed by atoms with Gasteiger partial charge in [0.15, 0.2) is 0 Å². The second-order valence-corrected chi connectivity index (χ2v) is 3.03. The fourth-order valence-electron chi connectivity index (χ4n) is 1.14. The Bertz CT molecular complexity index is 385. The minimum absolute atomic E-state index is 0.656. The Labute approximate surface area is 75.2 Å². The fraction of sp³-hybridized carbons (Fsp3) is 0.111. The molecule has 2 rings (SSSR count). The van der Waals surface area contributed by atoms with Crippen LogP contribution in [0.25, 0.3) is 11.0 Å². The third-order valence-corrected chi connectivity index (χ3v) is 2.08. The second kappa shape index (κ2) is 2.72. The Kier molecular flexibility index (Phi) is 1.70. The van der Waals surface area contributed by atoms with Crippen LogP contribution in [-0.2, 0) is 0 Å². The van der Waals surface area contributed by atoms with Crippen molar-refractivity contribution >= 4 is 22.6 Å². The van der Waals surface area contributed by atoms with Crippen molar-refractivity contribution in [2.24, 2.45) is 0 Å². The average molecular weight is 179 g/mol. The summed E-state index contributed by atoms with van der Waals surface area (Å²) in [6.45, 7) is 1.99. The van der Waals surface area contributed by atoms with E-state index in [0.29, 0.717) is 5.02 Å². The van der Waals surface area contributed by atoms with Gasteiger partial charge in [0.25, 0.3) is 0 Å². The van der Waals surface area contributed by atoms with Gasteiger partial charge in [0.1, 0.15) is 5.52 Å². The summed E-state index contributed by atoms with van der Waals surface area (Å²) in [6.07, 6.45) is 3.44. The second-order valence-electron chi connectivity index (χ2n) is 2.62. The molecular weight excluding hydrogens is 172 g/mol. The first-order chi connectivity index (χ1) is 5.79. The highest BCUT2D eigenvalue weighted by molar-refractivity contribution is 6.34. The topological polar surface area (TPSA) is 25.8 Å². The lowest BCUT2D eigenvalue weighted by Gasteiger charge is -1.99. The number of fused-ring (bicyclic) bond motifs is 1. The molecule has 3 heteroatoms. The van der Waals surface area contributed by atoms with E-state index in [-0.39, 0.29) is 0 Å². The molecule has 0 amide bonds. The number of hydrogen-bond donors (Lipinski definition) is 0. The van der Waals surface area contributed by atoms with Crippen molar-refractivity contribution in [1.29, 1.82) is 0 Å². The zero-order valence-electron chi connectivity index (χ0n) is 6.58. The van der Waals surface area contributed by atoms with Gasteiger partial charge >= 0.3 is 0 Å². The fourth-order valence-corrected chi connectivity index (χ4v) is 1.34. The van der Waals surface area contributed by atoms with Gasteiger partial charge in [-0.25, -0.2) is 0 Å². The van der Waals surface area contributed by atoms with E-state index in [1.54, 1.807) is 18.5 Å². The first kappa shape index (κ1) is 7.50. The van der Waals surface area contributed by atoms with E-state index in [2.05, 4.69) is 9.97 Å². The van der Waals surface area contributed by atoms with Crippen LogP contribution in [0.15, 0.2) is 24.5 Å². The van der Waals surface area contributed by atoms with Gasteiger partial charge in [-0.1, -0.05) is 11.6 Å². The first-order valence-electron chi connectivity index (χ1n) is 3.65. The normalized spacial score (nSPS) is 10.5. The largest absolute Gasteiger partial charge is 0.254 e. The molecule has 0 N–H and O–H groups in total. The molecule has 0 spiro atoms. The Morgan fingerprint density at radius 2 is 1.75 bits per heavy atom. The van der Waals surface area contributed by atoms with E-state index < -0.39 is 0 Å².